The molecule has 0 radical (unpaired) electrons. The molecule has 1 aliphatic carbocycles. The maximum absolute atomic E-state index is 13.3. The molecule has 1 saturated carbocycles. The molecule has 0 bridgehead atoms. The van der Waals surface area contributed by atoms with Crippen LogP contribution in [0.15, 0.2) is 72.8 Å². The second kappa shape index (κ2) is 11.0. The summed E-state index contributed by atoms with van der Waals surface area (Å²) in [5, 5.41) is 2.63. The summed E-state index contributed by atoms with van der Waals surface area (Å²) in [6, 6.07) is 16.4. The Bertz CT molecular complexity index is 1330. The van der Waals surface area contributed by atoms with Crippen LogP contribution in [0.25, 0.3) is 11.1 Å². The first-order chi connectivity index (χ1) is 17.8. The van der Waals surface area contributed by atoms with E-state index in [9.17, 15) is 34.8 Å². The lowest BCUT2D eigenvalue weighted by molar-refractivity contribution is -0.143. The van der Waals surface area contributed by atoms with Crippen LogP contribution in [0, 0.1) is 5.92 Å². The van der Waals surface area contributed by atoms with Gasteiger partial charge in [-0.3, -0.25) is 4.72 Å². The molecule has 2 atom stereocenters. The Kier molecular flexibility index (Phi) is 8.08. The summed E-state index contributed by atoms with van der Waals surface area (Å²) in [6.07, 6.45) is -7.84. The van der Waals surface area contributed by atoms with Crippen molar-refractivity contribution in [1.29, 1.82) is 0 Å². The van der Waals surface area contributed by atoms with Crippen LogP contribution in [0.5, 0.6) is 0 Å². The average Bonchev–Trinajstić information content (AvgIpc) is 3.33. The Hall–Kier alpha value is -3.05. The second-order valence-electron chi connectivity index (χ2n) is 9.37. The van der Waals surface area contributed by atoms with Crippen LogP contribution >= 0.6 is 0 Å². The van der Waals surface area contributed by atoms with E-state index in [0.717, 1.165) is 12.8 Å². The van der Waals surface area contributed by atoms with Crippen molar-refractivity contribution in [2.45, 2.75) is 43.4 Å². The third-order valence-corrected chi connectivity index (χ3v) is 8.54. The van der Waals surface area contributed by atoms with Gasteiger partial charge >= 0.3 is 12.4 Å². The fourth-order valence-corrected chi connectivity index (χ4v) is 6.61. The number of hydrogen-bond donors (Lipinski definition) is 2. The summed E-state index contributed by atoms with van der Waals surface area (Å²) < 4.78 is 108. The molecule has 38 heavy (non-hydrogen) atoms. The Morgan fingerprint density at radius 1 is 0.763 bits per heavy atom. The van der Waals surface area contributed by atoms with E-state index >= 15 is 0 Å². The predicted octanol–water partition coefficient (Wildman–Crippen LogP) is 7.09. The second-order valence-corrected chi connectivity index (χ2v) is 11.3. The SMILES string of the molecule is O=S(=O)(Nc1ccccc1)C1CCC[C@H]1CNCc1cccc(-c2cc(C(F)(F)F)cc(C(F)(F)F)c2)c1. The Morgan fingerprint density at radius 3 is 2.05 bits per heavy atom. The summed E-state index contributed by atoms with van der Waals surface area (Å²) in [6.45, 7) is 0.667. The van der Waals surface area contributed by atoms with Gasteiger partial charge in [-0.2, -0.15) is 26.3 Å². The minimum Gasteiger partial charge on any atom is -0.312 e. The topological polar surface area (TPSA) is 58.2 Å². The fourth-order valence-electron chi connectivity index (χ4n) is 4.78. The van der Waals surface area contributed by atoms with Gasteiger partial charge in [-0.15, -0.1) is 0 Å². The third kappa shape index (κ3) is 6.87. The van der Waals surface area contributed by atoms with Crippen molar-refractivity contribution in [3.63, 3.8) is 0 Å². The lowest BCUT2D eigenvalue weighted by Gasteiger charge is -2.21. The number of anilines is 1. The van der Waals surface area contributed by atoms with Gasteiger partial charge in [-0.05, 0) is 78.4 Å². The van der Waals surface area contributed by atoms with Crippen LogP contribution in [-0.4, -0.2) is 20.2 Å². The lowest BCUT2D eigenvalue weighted by Crippen LogP contribution is -2.36. The molecule has 0 heterocycles. The average molecular weight is 557 g/mol. The van der Waals surface area contributed by atoms with E-state index in [1.807, 2.05) is 0 Å². The number of para-hydroxylation sites is 1. The number of rotatable bonds is 8. The maximum Gasteiger partial charge on any atom is 0.416 e. The van der Waals surface area contributed by atoms with Crippen molar-refractivity contribution in [1.82, 2.24) is 5.32 Å². The lowest BCUT2D eigenvalue weighted by atomic mass is 9.97. The first kappa shape index (κ1) is 28.0. The summed E-state index contributed by atoms with van der Waals surface area (Å²) in [7, 11) is -3.61. The molecule has 2 N–H and O–H groups in total. The van der Waals surface area contributed by atoms with Crippen LogP contribution in [-0.2, 0) is 28.9 Å². The fraction of sp³-hybridized carbons (Fsp3) is 0.333. The van der Waals surface area contributed by atoms with E-state index in [2.05, 4.69) is 10.0 Å². The van der Waals surface area contributed by atoms with Gasteiger partial charge in [-0.1, -0.05) is 42.8 Å². The first-order valence-electron chi connectivity index (χ1n) is 12.0. The molecule has 204 valence electrons. The highest BCUT2D eigenvalue weighted by molar-refractivity contribution is 7.93. The van der Waals surface area contributed by atoms with E-state index in [4.69, 9.17) is 0 Å². The summed E-state index contributed by atoms with van der Waals surface area (Å²) in [5.41, 5.74) is -1.58. The smallest absolute Gasteiger partial charge is 0.312 e. The number of hydrogen-bond acceptors (Lipinski definition) is 3. The Morgan fingerprint density at radius 2 is 1.42 bits per heavy atom. The minimum absolute atomic E-state index is 0.105. The molecular weight excluding hydrogens is 530 g/mol. The first-order valence-corrected chi connectivity index (χ1v) is 13.5. The number of sulfonamides is 1. The molecule has 0 spiro atoms. The Balaban J connectivity index is 1.45. The van der Waals surface area contributed by atoms with Crippen LogP contribution in [0.3, 0.4) is 0 Å². The highest BCUT2D eigenvalue weighted by Gasteiger charge is 2.38. The van der Waals surface area contributed by atoms with E-state index < -0.39 is 38.8 Å². The predicted molar refractivity (Wildman–Crippen MR) is 134 cm³/mol. The summed E-state index contributed by atoms with van der Waals surface area (Å²) >= 11 is 0. The molecule has 11 heteroatoms. The molecule has 1 aliphatic rings. The van der Waals surface area contributed by atoms with Crippen molar-refractivity contribution < 1.29 is 34.8 Å². The quantitative estimate of drug-likeness (QED) is 0.291. The molecule has 0 aliphatic heterocycles. The Labute approximate surface area is 217 Å². The number of halogens is 6. The summed E-state index contributed by atoms with van der Waals surface area (Å²) in [5.74, 6) is -0.141. The molecule has 4 rings (SSSR count). The van der Waals surface area contributed by atoms with Gasteiger partial charge in [0.1, 0.15) is 0 Å². The molecule has 0 saturated heterocycles. The zero-order valence-corrected chi connectivity index (χ0v) is 20.9. The van der Waals surface area contributed by atoms with Gasteiger partial charge in [0, 0.05) is 12.2 Å². The largest absolute Gasteiger partial charge is 0.416 e. The minimum atomic E-state index is -4.93. The normalized spacial score (nSPS) is 18.5. The number of benzene rings is 3. The zero-order chi connectivity index (χ0) is 27.6. The maximum atomic E-state index is 13.3. The highest BCUT2D eigenvalue weighted by atomic mass is 32.2. The van der Waals surface area contributed by atoms with Crippen molar-refractivity contribution in [3.8, 4) is 11.1 Å². The van der Waals surface area contributed by atoms with Gasteiger partial charge in [0.25, 0.3) is 0 Å². The standard InChI is InChI=1S/C27H26F6N2O2S/c28-26(29,30)22-13-21(14-23(15-22)27(31,32)33)19-7-4-6-18(12-19)16-34-17-20-8-5-11-25(20)38(36,37)35-24-9-2-1-3-10-24/h1-4,6-7,9-10,12-15,20,25,34-35H,5,8,11,16-17H2/t20-,25?/m0/s1. The van der Waals surface area contributed by atoms with Crippen molar-refractivity contribution in [3.05, 3.63) is 89.5 Å². The molecule has 1 fully saturated rings. The van der Waals surface area contributed by atoms with Crippen molar-refractivity contribution in [2.24, 2.45) is 5.92 Å². The van der Waals surface area contributed by atoms with Gasteiger partial charge < -0.3 is 5.32 Å². The molecule has 0 aromatic heterocycles. The van der Waals surface area contributed by atoms with Crippen LogP contribution in [0.1, 0.15) is 36.0 Å². The van der Waals surface area contributed by atoms with E-state index in [1.165, 1.54) is 12.1 Å². The van der Waals surface area contributed by atoms with Crippen LogP contribution in [0.4, 0.5) is 32.0 Å². The molecule has 3 aromatic carbocycles. The number of nitrogens with one attached hydrogen (secondary N) is 2. The van der Waals surface area contributed by atoms with Gasteiger partial charge in [0.05, 0.1) is 16.4 Å². The summed E-state index contributed by atoms with van der Waals surface area (Å²) in [4.78, 5) is 0. The zero-order valence-electron chi connectivity index (χ0n) is 20.1. The van der Waals surface area contributed by atoms with Crippen LogP contribution in [0.2, 0.25) is 0 Å². The molecule has 3 aromatic rings. The van der Waals surface area contributed by atoms with E-state index in [1.54, 1.807) is 42.5 Å². The van der Waals surface area contributed by atoms with E-state index in [-0.39, 0.29) is 29.7 Å². The number of alkyl halides is 6. The molecule has 1 unspecified atom stereocenters. The monoisotopic (exact) mass is 556 g/mol. The molecule has 4 nitrogen and oxygen atoms in total. The third-order valence-electron chi connectivity index (χ3n) is 6.61. The van der Waals surface area contributed by atoms with Crippen molar-refractivity contribution >= 4 is 15.7 Å². The van der Waals surface area contributed by atoms with E-state index in [0.29, 0.717) is 36.3 Å². The van der Waals surface area contributed by atoms with Crippen molar-refractivity contribution in [2.75, 3.05) is 11.3 Å². The van der Waals surface area contributed by atoms with Gasteiger partial charge in [0.2, 0.25) is 10.0 Å². The highest BCUT2D eigenvalue weighted by Crippen LogP contribution is 2.39. The molecular formula is C27H26F6N2O2S. The van der Waals surface area contributed by atoms with Crippen LogP contribution < -0.4 is 10.0 Å². The van der Waals surface area contributed by atoms with Gasteiger partial charge in [0.15, 0.2) is 0 Å². The van der Waals surface area contributed by atoms with Gasteiger partial charge in [-0.25, -0.2) is 8.42 Å². The molecule has 0 amide bonds.